The van der Waals surface area contributed by atoms with E-state index in [4.69, 9.17) is 4.98 Å². The summed E-state index contributed by atoms with van der Waals surface area (Å²) < 4.78 is 1.98. The highest BCUT2D eigenvalue weighted by atomic mass is 32.1. The average molecular weight is 442 g/mol. The lowest BCUT2D eigenvalue weighted by molar-refractivity contribution is 0.247. The number of para-hydroxylation sites is 1. The summed E-state index contributed by atoms with van der Waals surface area (Å²) in [6.07, 6.45) is 1.98. The van der Waals surface area contributed by atoms with Gasteiger partial charge in [0.2, 0.25) is 0 Å². The fraction of sp³-hybridized carbons (Fsp3) is 0.250. The van der Waals surface area contributed by atoms with Gasteiger partial charge in [0.1, 0.15) is 5.69 Å². The van der Waals surface area contributed by atoms with Crippen molar-refractivity contribution in [3.05, 3.63) is 70.8 Å². The minimum Gasteiger partial charge on any atom is -0.367 e. The smallest absolute Gasteiger partial charge is 0.187 e. The largest absolute Gasteiger partial charge is 0.367 e. The van der Waals surface area contributed by atoms with Crippen molar-refractivity contribution >= 4 is 33.6 Å². The van der Waals surface area contributed by atoms with Crippen LogP contribution in [0.3, 0.4) is 0 Å². The molecule has 0 radical (unpaired) electrons. The number of thiazole rings is 1. The molecule has 8 heteroatoms. The van der Waals surface area contributed by atoms with Crippen molar-refractivity contribution in [1.82, 2.24) is 29.5 Å². The molecule has 0 amide bonds. The molecule has 0 saturated carbocycles. The molecule has 1 fully saturated rings. The van der Waals surface area contributed by atoms with E-state index in [1.165, 1.54) is 11.4 Å². The molecule has 0 N–H and O–H groups in total. The van der Waals surface area contributed by atoms with E-state index in [0.29, 0.717) is 0 Å². The van der Waals surface area contributed by atoms with Gasteiger partial charge < -0.3 is 4.90 Å². The van der Waals surface area contributed by atoms with Crippen LogP contribution in [0.25, 0.3) is 28.1 Å². The second-order valence-electron chi connectivity index (χ2n) is 8.12. The van der Waals surface area contributed by atoms with Crippen LogP contribution in [0.15, 0.2) is 60.1 Å². The summed E-state index contributed by atoms with van der Waals surface area (Å²) in [6, 6.07) is 16.5. The van der Waals surface area contributed by atoms with E-state index in [2.05, 4.69) is 61.6 Å². The van der Waals surface area contributed by atoms with Crippen molar-refractivity contribution in [3.8, 4) is 11.5 Å². The lowest BCUT2D eigenvalue weighted by Gasteiger charge is -2.36. The summed E-state index contributed by atoms with van der Waals surface area (Å²) in [7, 11) is 0. The van der Waals surface area contributed by atoms with Gasteiger partial charge in [-0.05, 0) is 31.2 Å². The van der Waals surface area contributed by atoms with E-state index in [1.54, 1.807) is 11.3 Å². The van der Waals surface area contributed by atoms with Crippen LogP contribution in [-0.4, -0.2) is 55.6 Å². The first-order chi connectivity index (χ1) is 15.7. The number of benzene rings is 1. The Kier molecular flexibility index (Phi) is 4.81. The van der Waals surface area contributed by atoms with Crippen LogP contribution in [0.1, 0.15) is 10.7 Å². The van der Waals surface area contributed by atoms with Gasteiger partial charge in [-0.1, -0.05) is 24.3 Å². The van der Waals surface area contributed by atoms with Crippen molar-refractivity contribution in [2.24, 2.45) is 0 Å². The zero-order valence-electron chi connectivity index (χ0n) is 17.8. The van der Waals surface area contributed by atoms with Crippen molar-refractivity contribution in [3.63, 3.8) is 0 Å². The van der Waals surface area contributed by atoms with Gasteiger partial charge >= 0.3 is 0 Å². The van der Waals surface area contributed by atoms with Crippen LogP contribution in [0, 0.1) is 6.92 Å². The summed E-state index contributed by atoms with van der Waals surface area (Å²) in [6.45, 7) is 6.97. The standard InChI is InChI=1S/C24H23N7S/c1-17-25-19(16-32-17)15-29-11-13-30(14-12-29)21-6-4-5-18-8-9-20(26-23(18)21)24-28-27-22-7-2-3-10-31(22)24/h2-10,16H,11-15H2,1H3. The summed E-state index contributed by atoms with van der Waals surface area (Å²) in [5, 5.41) is 13.1. The van der Waals surface area contributed by atoms with Gasteiger partial charge in [-0.15, -0.1) is 21.5 Å². The fourth-order valence-corrected chi connectivity index (χ4v) is 4.99. The molecular formula is C24H23N7S. The van der Waals surface area contributed by atoms with Gasteiger partial charge in [-0.3, -0.25) is 9.30 Å². The first kappa shape index (κ1) is 19.3. The van der Waals surface area contributed by atoms with Crippen LogP contribution < -0.4 is 4.90 Å². The SMILES string of the molecule is Cc1nc(CN2CCN(c3cccc4ccc(-c5nnc6ccccn56)nc34)CC2)cs1. The molecule has 7 nitrogen and oxygen atoms in total. The molecule has 5 aromatic rings. The molecule has 6 rings (SSSR count). The minimum absolute atomic E-state index is 0.765. The van der Waals surface area contributed by atoms with E-state index in [9.17, 15) is 0 Å². The van der Waals surface area contributed by atoms with Gasteiger partial charge in [-0.25, -0.2) is 9.97 Å². The first-order valence-corrected chi connectivity index (χ1v) is 11.7. The van der Waals surface area contributed by atoms with Crippen molar-refractivity contribution in [1.29, 1.82) is 0 Å². The number of aryl methyl sites for hydroxylation is 1. The molecule has 0 bridgehead atoms. The van der Waals surface area contributed by atoms with Gasteiger partial charge in [0.05, 0.1) is 21.9 Å². The number of aromatic nitrogens is 5. The Morgan fingerprint density at radius 2 is 1.81 bits per heavy atom. The second-order valence-corrected chi connectivity index (χ2v) is 9.18. The quantitative estimate of drug-likeness (QED) is 0.420. The number of piperazine rings is 1. The number of fused-ring (bicyclic) bond motifs is 2. The maximum absolute atomic E-state index is 5.05. The number of anilines is 1. The number of pyridine rings is 2. The van der Waals surface area contributed by atoms with E-state index in [-0.39, 0.29) is 0 Å². The van der Waals surface area contributed by atoms with E-state index < -0.39 is 0 Å². The zero-order chi connectivity index (χ0) is 21.5. The van der Waals surface area contributed by atoms with E-state index in [1.807, 2.05) is 34.9 Å². The first-order valence-electron chi connectivity index (χ1n) is 10.8. The lowest BCUT2D eigenvalue weighted by atomic mass is 10.1. The van der Waals surface area contributed by atoms with Gasteiger partial charge in [-0.2, -0.15) is 0 Å². The Balaban J connectivity index is 1.28. The third-order valence-electron chi connectivity index (χ3n) is 6.01. The molecule has 4 aromatic heterocycles. The molecular weight excluding hydrogens is 418 g/mol. The third kappa shape index (κ3) is 3.51. The highest BCUT2D eigenvalue weighted by Crippen LogP contribution is 2.29. The van der Waals surface area contributed by atoms with Gasteiger partial charge in [0.15, 0.2) is 11.5 Å². The van der Waals surface area contributed by atoms with E-state index >= 15 is 0 Å². The summed E-state index contributed by atoms with van der Waals surface area (Å²) in [4.78, 5) is 14.6. The van der Waals surface area contributed by atoms with Crippen LogP contribution in [0.2, 0.25) is 0 Å². The highest BCUT2D eigenvalue weighted by Gasteiger charge is 2.20. The molecule has 160 valence electrons. The molecule has 1 saturated heterocycles. The van der Waals surface area contributed by atoms with Crippen LogP contribution in [0.4, 0.5) is 5.69 Å². The Labute approximate surface area is 190 Å². The minimum atomic E-state index is 0.765. The number of hydrogen-bond acceptors (Lipinski definition) is 7. The zero-order valence-corrected chi connectivity index (χ0v) is 18.7. The van der Waals surface area contributed by atoms with Crippen LogP contribution in [0.5, 0.6) is 0 Å². The molecule has 0 aliphatic carbocycles. The molecule has 1 aromatic carbocycles. The summed E-state index contributed by atoms with van der Waals surface area (Å²) in [5.74, 6) is 0.765. The van der Waals surface area contributed by atoms with Gasteiger partial charge in [0.25, 0.3) is 0 Å². The molecule has 0 spiro atoms. The summed E-state index contributed by atoms with van der Waals surface area (Å²) in [5.41, 5.74) is 5.03. The maximum atomic E-state index is 5.05. The molecule has 32 heavy (non-hydrogen) atoms. The Morgan fingerprint density at radius 3 is 2.66 bits per heavy atom. The van der Waals surface area contributed by atoms with Crippen LogP contribution >= 0.6 is 11.3 Å². The Bertz CT molecular complexity index is 1400. The van der Waals surface area contributed by atoms with Crippen molar-refractivity contribution in [2.45, 2.75) is 13.5 Å². The third-order valence-corrected chi connectivity index (χ3v) is 6.83. The predicted octanol–water partition coefficient (Wildman–Crippen LogP) is 4.03. The van der Waals surface area contributed by atoms with Crippen LogP contribution in [-0.2, 0) is 6.54 Å². The van der Waals surface area contributed by atoms with Gasteiger partial charge in [0, 0.05) is 49.7 Å². The maximum Gasteiger partial charge on any atom is 0.187 e. The topological polar surface area (TPSA) is 62.5 Å². The predicted molar refractivity (Wildman–Crippen MR) is 128 cm³/mol. The monoisotopic (exact) mass is 441 g/mol. The number of rotatable bonds is 4. The normalized spacial score (nSPS) is 15.1. The molecule has 1 aliphatic rings. The second kappa shape index (κ2) is 7.96. The Hall–Kier alpha value is -3.36. The highest BCUT2D eigenvalue weighted by molar-refractivity contribution is 7.09. The van der Waals surface area contributed by atoms with Crippen molar-refractivity contribution < 1.29 is 0 Å². The number of hydrogen-bond donors (Lipinski definition) is 0. The fourth-order valence-electron chi connectivity index (χ4n) is 4.38. The lowest BCUT2D eigenvalue weighted by Crippen LogP contribution is -2.46. The number of nitrogens with zero attached hydrogens (tertiary/aromatic N) is 7. The Morgan fingerprint density at radius 1 is 0.906 bits per heavy atom. The summed E-state index contributed by atoms with van der Waals surface area (Å²) >= 11 is 1.72. The van der Waals surface area contributed by atoms with Crippen molar-refractivity contribution in [2.75, 3.05) is 31.1 Å². The van der Waals surface area contributed by atoms with E-state index in [0.717, 1.165) is 65.8 Å². The average Bonchev–Trinajstić information content (AvgIpc) is 3.45. The molecule has 0 atom stereocenters. The molecule has 5 heterocycles. The molecule has 0 unspecified atom stereocenters. The molecule has 1 aliphatic heterocycles.